The number of ether oxygens (including phenoxy) is 1. The summed E-state index contributed by atoms with van der Waals surface area (Å²) in [6, 6.07) is 8.33. The minimum atomic E-state index is -0.297. The van der Waals surface area contributed by atoms with E-state index in [0.717, 1.165) is 5.56 Å². The number of hydrogen-bond donors (Lipinski definition) is 0. The molecule has 0 aliphatic rings. The molecule has 1 heterocycles. The molecule has 0 bridgehead atoms. The van der Waals surface area contributed by atoms with Gasteiger partial charge in [0.25, 0.3) is 0 Å². The Labute approximate surface area is 101 Å². The Balaban J connectivity index is 2.03. The number of pyridine rings is 1. The second-order valence-electron chi connectivity index (χ2n) is 3.23. The molecule has 0 N–H and O–H groups in total. The normalized spacial score (nSPS) is 10.1. The first-order valence-electron chi connectivity index (χ1n) is 4.72. The molecule has 0 saturated heterocycles. The van der Waals surface area contributed by atoms with Gasteiger partial charge in [0.05, 0.1) is 4.47 Å². The van der Waals surface area contributed by atoms with Crippen molar-refractivity contribution >= 4 is 15.9 Å². The van der Waals surface area contributed by atoms with Crippen LogP contribution in [-0.4, -0.2) is 4.98 Å². The van der Waals surface area contributed by atoms with Crippen LogP contribution in [0.5, 0.6) is 5.75 Å². The van der Waals surface area contributed by atoms with Gasteiger partial charge < -0.3 is 4.74 Å². The summed E-state index contributed by atoms with van der Waals surface area (Å²) in [7, 11) is 0. The van der Waals surface area contributed by atoms with Gasteiger partial charge in [-0.25, -0.2) is 4.39 Å². The Bertz CT molecular complexity index is 476. The van der Waals surface area contributed by atoms with E-state index in [1.807, 2.05) is 12.1 Å². The Hall–Kier alpha value is -1.42. The maximum Gasteiger partial charge on any atom is 0.137 e. The van der Waals surface area contributed by atoms with Gasteiger partial charge in [0, 0.05) is 18.0 Å². The monoisotopic (exact) mass is 281 g/mol. The first-order chi connectivity index (χ1) is 7.75. The van der Waals surface area contributed by atoms with Crippen molar-refractivity contribution in [3.8, 4) is 5.75 Å². The van der Waals surface area contributed by atoms with Gasteiger partial charge in [-0.3, -0.25) is 4.98 Å². The van der Waals surface area contributed by atoms with Crippen LogP contribution in [0, 0.1) is 5.82 Å². The van der Waals surface area contributed by atoms with Crippen LogP contribution in [0.3, 0.4) is 0 Å². The third-order valence-corrected chi connectivity index (χ3v) is 2.63. The van der Waals surface area contributed by atoms with E-state index >= 15 is 0 Å². The fourth-order valence-electron chi connectivity index (χ4n) is 1.22. The van der Waals surface area contributed by atoms with Crippen molar-refractivity contribution in [2.45, 2.75) is 6.61 Å². The molecule has 1 aromatic heterocycles. The summed E-state index contributed by atoms with van der Waals surface area (Å²) >= 11 is 3.10. The number of hydrogen-bond acceptors (Lipinski definition) is 2. The molecule has 0 saturated carbocycles. The molecule has 2 nitrogen and oxygen atoms in total. The summed E-state index contributed by atoms with van der Waals surface area (Å²) in [6.45, 7) is 0.423. The molecule has 0 aliphatic carbocycles. The van der Waals surface area contributed by atoms with Gasteiger partial charge in [-0.05, 0) is 40.2 Å². The Morgan fingerprint density at radius 1 is 1.31 bits per heavy atom. The van der Waals surface area contributed by atoms with E-state index in [4.69, 9.17) is 4.74 Å². The number of rotatable bonds is 3. The molecule has 16 heavy (non-hydrogen) atoms. The zero-order valence-corrected chi connectivity index (χ0v) is 9.95. The van der Waals surface area contributed by atoms with E-state index in [2.05, 4.69) is 20.9 Å². The average Bonchev–Trinajstić information content (AvgIpc) is 2.32. The van der Waals surface area contributed by atoms with Crippen molar-refractivity contribution in [3.63, 3.8) is 0 Å². The van der Waals surface area contributed by atoms with Crippen LogP contribution in [-0.2, 0) is 6.61 Å². The number of nitrogens with zero attached hydrogens (tertiary/aromatic N) is 1. The molecule has 0 radical (unpaired) electrons. The van der Waals surface area contributed by atoms with Gasteiger partial charge in [0.15, 0.2) is 0 Å². The highest BCUT2D eigenvalue weighted by Gasteiger charge is 2.01. The molecule has 0 fully saturated rings. The van der Waals surface area contributed by atoms with Gasteiger partial charge in [0.2, 0.25) is 0 Å². The van der Waals surface area contributed by atoms with Crippen molar-refractivity contribution < 1.29 is 9.13 Å². The zero-order chi connectivity index (χ0) is 11.4. The van der Waals surface area contributed by atoms with Crippen LogP contribution < -0.4 is 4.74 Å². The highest BCUT2D eigenvalue weighted by Crippen LogP contribution is 2.22. The fraction of sp³-hybridized carbons (Fsp3) is 0.0833. The van der Waals surface area contributed by atoms with Crippen molar-refractivity contribution in [3.05, 3.63) is 58.6 Å². The van der Waals surface area contributed by atoms with Crippen LogP contribution in [0.1, 0.15) is 5.56 Å². The summed E-state index contributed by atoms with van der Waals surface area (Å²) < 4.78 is 18.8. The molecule has 1 aromatic carbocycles. The van der Waals surface area contributed by atoms with E-state index < -0.39 is 0 Å². The first-order valence-corrected chi connectivity index (χ1v) is 5.52. The second kappa shape index (κ2) is 5.07. The maximum absolute atomic E-state index is 12.9. The number of benzene rings is 1. The van der Waals surface area contributed by atoms with Gasteiger partial charge >= 0.3 is 0 Å². The Kier molecular flexibility index (Phi) is 3.51. The zero-order valence-electron chi connectivity index (χ0n) is 8.36. The average molecular weight is 282 g/mol. The van der Waals surface area contributed by atoms with Crippen LogP contribution in [0.15, 0.2) is 47.2 Å². The van der Waals surface area contributed by atoms with Crippen molar-refractivity contribution in [2.75, 3.05) is 0 Å². The third-order valence-electron chi connectivity index (χ3n) is 2.02. The molecule has 0 aliphatic heterocycles. The van der Waals surface area contributed by atoms with Crippen molar-refractivity contribution in [1.82, 2.24) is 4.98 Å². The largest absolute Gasteiger partial charge is 0.489 e. The minimum Gasteiger partial charge on any atom is -0.489 e. The molecule has 2 rings (SSSR count). The highest BCUT2D eigenvalue weighted by atomic mass is 79.9. The number of halogens is 2. The van der Waals surface area contributed by atoms with Crippen molar-refractivity contribution in [1.29, 1.82) is 0 Å². The summed E-state index contributed by atoms with van der Waals surface area (Å²) in [5, 5.41) is 0. The predicted molar refractivity (Wildman–Crippen MR) is 62.7 cm³/mol. The van der Waals surface area contributed by atoms with Crippen LogP contribution in [0.25, 0.3) is 0 Å². The molecule has 0 atom stereocenters. The molecular formula is C12H9BrFNO. The van der Waals surface area contributed by atoms with Gasteiger partial charge in [-0.15, -0.1) is 0 Å². The Morgan fingerprint density at radius 3 is 2.88 bits per heavy atom. The lowest BCUT2D eigenvalue weighted by Gasteiger charge is -2.06. The van der Waals surface area contributed by atoms with E-state index in [1.165, 1.54) is 6.07 Å². The minimum absolute atomic E-state index is 0.297. The SMILES string of the molecule is Fc1ccc(OCc2cccnc2)cc1Br. The first kappa shape index (κ1) is 11.1. The van der Waals surface area contributed by atoms with E-state index in [9.17, 15) is 4.39 Å². The predicted octanol–water partition coefficient (Wildman–Crippen LogP) is 3.56. The Morgan fingerprint density at radius 2 is 2.19 bits per heavy atom. The van der Waals surface area contributed by atoms with Crippen LogP contribution >= 0.6 is 15.9 Å². The molecular weight excluding hydrogens is 273 g/mol. The van der Waals surface area contributed by atoms with E-state index in [0.29, 0.717) is 16.8 Å². The van der Waals surface area contributed by atoms with Crippen LogP contribution in [0.4, 0.5) is 4.39 Å². The second-order valence-corrected chi connectivity index (χ2v) is 4.08. The quantitative estimate of drug-likeness (QED) is 0.858. The lowest BCUT2D eigenvalue weighted by atomic mass is 10.3. The topological polar surface area (TPSA) is 22.1 Å². The van der Waals surface area contributed by atoms with Gasteiger partial charge in [0.1, 0.15) is 18.2 Å². The smallest absolute Gasteiger partial charge is 0.137 e. The molecule has 0 amide bonds. The van der Waals surface area contributed by atoms with Gasteiger partial charge in [-0.1, -0.05) is 6.07 Å². The lowest BCUT2D eigenvalue weighted by molar-refractivity contribution is 0.305. The lowest BCUT2D eigenvalue weighted by Crippen LogP contribution is -1.95. The van der Waals surface area contributed by atoms with E-state index in [-0.39, 0.29) is 5.82 Å². The van der Waals surface area contributed by atoms with E-state index in [1.54, 1.807) is 24.5 Å². The molecule has 0 unspecified atom stereocenters. The third kappa shape index (κ3) is 2.79. The number of aromatic nitrogens is 1. The van der Waals surface area contributed by atoms with Crippen LogP contribution in [0.2, 0.25) is 0 Å². The molecule has 0 spiro atoms. The summed E-state index contributed by atoms with van der Waals surface area (Å²) in [5.41, 5.74) is 0.975. The molecule has 2 aromatic rings. The summed E-state index contributed by atoms with van der Waals surface area (Å²) in [6.07, 6.45) is 3.44. The molecule has 82 valence electrons. The van der Waals surface area contributed by atoms with Gasteiger partial charge in [-0.2, -0.15) is 0 Å². The maximum atomic E-state index is 12.9. The fourth-order valence-corrected chi connectivity index (χ4v) is 1.57. The highest BCUT2D eigenvalue weighted by molar-refractivity contribution is 9.10. The summed E-state index contributed by atoms with van der Waals surface area (Å²) in [5.74, 6) is 0.325. The standard InChI is InChI=1S/C12H9BrFNO/c13-11-6-10(3-4-12(11)14)16-8-9-2-1-5-15-7-9/h1-7H,8H2. The van der Waals surface area contributed by atoms with Crippen molar-refractivity contribution in [2.24, 2.45) is 0 Å². The summed E-state index contributed by atoms with van der Waals surface area (Å²) in [4.78, 5) is 3.98. The molecule has 4 heteroatoms.